The predicted molar refractivity (Wildman–Crippen MR) is 111 cm³/mol. The van der Waals surface area contributed by atoms with E-state index in [0.717, 1.165) is 42.5 Å². The maximum absolute atomic E-state index is 12.9. The van der Waals surface area contributed by atoms with Crippen LogP contribution >= 0.6 is 11.3 Å². The molecule has 2 fully saturated rings. The lowest BCUT2D eigenvalue weighted by molar-refractivity contribution is -0.131. The van der Waals surface area contributed by atoms with Crippen LogP contribution in [0.4, 0.5) is 0 Å². The zero-order chi connectivity index (χ0) is 19.6. The number of benzene rings is 1. The van der Waals surface area contributed by atoms with Crippen molar-refractivity contribution in [1.82, 2.24) is 9.21 Å². The molecule has 7 heteroatoms. The van der Waals surface area contributed by atoms with Crippen LogP contribution < -0.4 is 0 Å². The molecule has 2 heterocycles. The molecule has 1 aromatic heterocycles. The molecule has 0 spiro atoms. The van der Waals surface area contributed by atoms with Gasteiger partial charge < -0.3 is 4.90 Å². The highest BCUT2D eigenvalue weighted by Crippen LogP contribution is 2.31. The van der Waals surface area contributed by atoms with Gasteiger partial charge in [0.1, 0.15) is 4.21 Å². The number of carbonyl (C=O) groups is 1. The zero-order valence-corrected chi connectivity index (χ0v) is 17.6. The topological polar surface area (TPSA) is 57.7 Å². The van der Waals surface area contributed by atoms with Gasteiger partial charge in [-0.15, -0.1) is 11.3 Å². The first-order chi connectivity index (χ1) is 13.5. The summed E-state index contributed by atoms with van der Waals surface area (Å²) in [5.74, 6) is 0.0788. The molecule has 0 atom stereocenters. The van der Waals surface area contributed by atoms with Crippen molar-refractivity contribution >= 4 is 27.3 Å². The number of hydrogen-bond donors (Lipinski definition) is 0. The second-order valence-electron chi connectivity index (χ2n) is 7.60. The maximum Gasteiger partial charge on any atom is 0.252 e. The molecule has 150 valence electrons. The van der Waals surface area contributed by atoms with E-state index in [-0.39, 0.29) is 12.3 Å². The third kappa shape index (κ3) is 4.47. The van der Waals surface area contributed by atoms with Gasteiger partial charge in [-0.25, -0.2) is 8.42 Å². The average Bonchev–Trinajstić information content (AvgIpc) is 3.45. The van der Waals surface area contributed by atoms with Crippen molar-refractivity contribution in [2.75, 3.05) is 13.1 Å². The summed E-state index contributed by atoms with van der Waals surface area (Å²) in [5, 5.41) is 0. The molecule has 1 aliphatic carbocycles. The molecule has 1 saturated heterocycles. The Balaban J connectivity index is 1.44. The maximum atomic E-state index is 12.9. The molecule has 1 aliphatic heterocycles. The molecule has 0 radical (unpaired) electrons. The van der Waals surface area contributed by atoms with Gasteiger partial charge in [-0.2, -0.15) is 4.31 Å². The average molecular weight is 419 g/mol. The van der Waals surface area contributed by atoms with Crippen molar-refractivity contribution < 1.29 is 13.2 Å². The summed E-state index contributed by atoms with van der Waals surface area (Å²) in [6.45, 7) is 1.82. The lowest BCUT2D eigenvalue weighted by Crippen LogP contribution is -2.35. The van der Waals surface area contributed by atoms with Crippen LogP contribution in [0.1, 0.15) is 42.5 Å². The van der Waals surface area contributed by atoms with Crippen LogP contribution in [0.5, 0.6) is 0 Å². The van der Waals surface area contributed by atoms with Gasteiger partial charge in [0.2, 0.25) is 5.91 Å². The van der Waals surface area contributed by atoms with Gasteiger partial charge in [0.15, 0.2) is 0 Å². The normalized spacial score (nSPS) is 18.1. The summed E-state index contributed by atoms with van der Waals surface area (Å²) in [6.07, 6.45) is 5.31. The number of rotatable bonds is 7. The van der Waals surface area contributed by atoms with E-state index in [9.17, 15) is 13.2 Å². The van der Waals surface area contributed by atoms with Gasteiger partial charge in [0.05, 0.1) is 6.42 Å². The Bertz CT molecular complexity index is 914. The number of carbonyl (C=O) groups excluding carboxylic acids is 1. The van der Waals surface area contributed by atoms with Crippen molar-refractivity contribution in [2.45, 2.75) is 55.3 Å². The third-order valence-corrected chi connectivity index (χ3v) is 8.83. The molecule has 0 unspecified atom stereocenters. The fourth-order valence-corrected chi connectivity index (χ4v) is 6.68. The van der Waals surface area contributed by atoms with E-state index in [1.54, 1.807) is 16.4 Å². The van der Waals surface area contributed by atoms with Gasteiger partial charge in [0.25, 0.3) is 10.0 Å². The monoisotopic (exact) mass is 418 g/mol. The molecule has 1 saturated carbocycles. The molecule has 0 bridgehead atoms. The van der Waals surface area contributed by atoms with Crippen molar-refractivity contribution in [3.63, 3.8) is 0 Å². The fraction of sp³-hybridized carbons (Fsp3) is 0.476. The summed E-state index contributed by atoms with van der Waals surface area (Å²) in [4.78, 5) is 15.7. The Morgan fingerprint density at radius 1 is 1.04 bits per heavy atom. The Kier molecular flexibility index (Phi) is 5.85. The molecular formula is C21H26N2O3S2. The molecule has 28 heavy (non-hydrogen) atoms. The minimum Gasteiger partial charge on any atom is -0.335 e. The van der Waals surface area contributed by atoms with Crippen LogP contribution in [0, 0.1) is 0 Å². The second kappa shape index (κ2) is 8.35. The molecule has 5 nitrogen and oxygen atoms in total. The van der Waals surface area contributed by atoms with E-state index in [4.69, 9.17) is 0 Å². The first kappa shape index (κ1) is 19.6. The molecular weight excluding hydrogens is 392 g/mol. The van der Waals surface area contributed by atoms with Crippen molar-refractivity contribution in [3.8, 4) is 0 Å². The highest BCUT2D eigenvalue weighted by Gasteiger charge is 2.33. The first-order valence-corrected chi connectivity index (χ1v) is 12.2. The molecule has 4 rings (SSSR count). The summed E-state index contributed by atoms with van der Waals surface area (Å²) >= 11 is 1.24. The number of hydrogen-bond acceptors (Lipinski definition) is 4. The minimum atomic E-state index is -3.42. The Morgan fingerprint density at radius 3 is 2.43 bits per heavy atom. The van der Waals surface area contributed by atoms with Crippen LogP contribution in [0.3, 0.4) is 0 Å². The van der Waals surface area contributed by atoms with E-state index < -0.39 is 10.0 Å². The first-order valence-electron chi connectivity index (χ1n) is 9.96. The highest BCUT2D eigenvalue weighted by molar-refractivity contribution is 7.91. The number of piperidine rings is 1. The van der Waals surface area contributed by atoms with Gasteiger partial charge in [-0.3, -0.25) is 4.79 Å². The third-order valence-electron chi connectivity index (χ3n) is 5.38. The number of amides is 1. The fourth-order valence-electron chi connectivity index (χ4n) is 3.66. The van der Waals surface area contributed by atoms with Crippen molar-refractivity contribution in [2.24, 2.45) is 0 Å². The van der Waals surface area contributed by atoms with E-state index in [0.29, 0.717) is 29.9 Å². The standard InChI is InChI=1S/C21H26N2O3S2/c24-20(23(18-9-10-18)16-17-7-3-1-4-8-17)15-19-11-12-21(27-19)28(25,26)22-13-5-2-6-14-22/h1,3-4,7-8,11-12,18H,2,5-6,9-10,13-16H2. The van der Waals surface area contributed by atoms with Crippen LogP contribution in [-0.4, -0.2) is 42.7 Å². The van der Waals surface area contributed by atoms with Crippen LogP contribution in [0.15, 0.2) is 46.7 Å². The molecule has 1 aromatic carbocycles. The van der Waals surface area contributed by atoms with Crippen molar-refractivity contribution in [3.05, 3.63) is 52.9 Å². The Hall–Kier alpha value is -1.70. The number of sulfonamides is 1. The Labute approximate surface area is 171 Å². The van der Waals surface area contributed by atoms with E-state index in [1.165, 1.54) is 11.3 Å². The van der Waals surface area contributed by atoms with E-state index >= 15 is 0 Å². The van der Waals surface area contributed by atoms with Gasteiger partial charge in [-0.1, -0.05) is 36.8 Å². The second-order valence-corrected chi connectivity index (χ2v) is 10.9. The molecule has 2 aromatic rings. The Morgan fingerprint density at radius 2 is 1.75 bits per heavy atom. The van der Waals surface area contributed by atoms with Crippen LogP contribution in [-0.2, 0) is 27.8 Å². The number of thiophene rings is 1. The van der Waals surface area contributed by atoms with E-state index in [1.807, 2.05) is 35.2 Å². The molecule has 0 N–H and O–H groups in total. The molecule has 2 aliphatic rings. The summed E-state index contributed by atoms with van der Waals surface area (Å²) in [7, 11) is -3.42. The molecule has 1 amide bonds. The predicted octanol–water partition coefficient (Wildman–Crippen LogP) is 3.66. The van der Waals surface area contributed by atoms with Gasteiger partial charge in [0, 0.05) is 30.6 Å². The van der Waals surface area contributed by atoms with E-state index in [2.05, 4.69) is 0 Å². The number of nitrogens with zero attached hydrogens (tertiary/aromatic N) is 2. The largest absolute Gasteiger partial charge is 0.335 e. The van der Waals surface area contributed by atoms with Gasteiger partial charge in [-0.05, 0) is 43.4 Å². The smallest absolute Gasteiger partial charge is 0.252 e. The van der Waals surface area contributed by atoms with Crippen LogP contribution in [0.2, 0.25) is 0 Å². The van der Waals surface area contributed by atoms with Gasteiger partial charge >= 0.3 is 0 Å². The quantitative estimate of drug-likeness (QED) is 0.690. The highest BCUT2D eigenvalue weighted by atomic mass is 32.2. The van der Waals surface area contributed by atoms with Crippen LogP contribution in [0.25, 0.3) is 0 Å². The lowest BCUT2D eigenvalue weighted by Gasteiger charge is -2.25. The van der Waals surface area contributed by atoms with Crippen molar-refractivity contribution in [1.29, 1.82) is 0 Å². The lowest BCUT2D eigenvalue weighted by atomic mass is 10.2. The summed E-state index contributed by atoms with van der Waals surface area (Å²) < 4.78 is 27.6. The minimum absolute atomic E-state index is 0.0788. The zero-order valence-electron chi connectivity index (χ0n) is 15.9. The SMILES string of the molecule is O=C(Cc1ccc(S(=O)(=O)N2CCCCC2)s1)N(Cc1ccccc1)C1CC1. The summed E-state index contributed by atoms with van der Waals surface area (Å²) in [5.41, 5.74) is 1.13. The summed E-state index contributed by atoms with van der Waals surface area (Å²) in [6, 6.07) is 13.8.